The number of carbonyl (C=O) groups is 1. The van der Waals surface area contributed by atoms with E-state index in [2.05, 4.69) is 4.98 Å². The minimum atomic E-state index is -4.58. The predicted octanol–water partition coefficient (Wildman–Crippen LogP) is 1.78. The van der Waals surface area contributed by atoms with Crippen LogP contribution in [0.4, 0.5) is 13.2 Å². The van der Waals surface area contributed by atoms with Gasteiger partial charge in [0.05, 0.1) is 0 Å². The van der Waals surface area contributed by atoms with Gasteiger partial charge in [-0.25, -0.2) is 9.55 Å². The molecule has 0 aliphatic heterocycles. The highest BCUT2D eigenvalue weighted by Gasteiger charge is 2.33. The average molecular weight is 290 g/mol. The Kier molecular flexibility index (Phi) is 2.40. The van der Waals surface area contributed by atoms with E-state index >= 15 is 0 Å². The first-order chi connectivity index (χ1) is 5.46. The van der Waals surface area contributed by atoms with E-state index in [0.29, 0.717) is 6.33 Å². The quantitative estimate of drug-likeness (QED) is 0.583. The summed E-state index contributed by atoms with van der Waals surface area (Å²) in [6.45, 7) is 0. The van der Waals surface area contributed by atoms with Crippen molar-refractivity contribution >= 4 is 28.9 Å². The molecule has 0 atom stereocenters. The second-order valence-corrected chi connectivity index (χ2v) is 2.90. The monoisotopic (exact) mass is 290 g/mol. The molecule has 1 heterocycles. The third kappa shape index (κ3) is 1.59. The summed E-state index contributed by atoms with van der Waals surface area (Å²) in [5.41, 5.74) is -0.469. The van der Waals surface area contributed by atoms with E-state index < -0.39 is 12.0 Å². The zero-order valence-corrected chi connectivity index (χ0v) is 7.63. The Balaban J connectivity index is 3.25. The first-order valence-electron chi connectivity index (χ1n) is 2.72. The molecule has 7 heteroatoms. The van der Waals surface area contributed by atoms with Crippen LogP contribution in [0.25, 0.3) is 0 Å². The standard InChI is InChI=1S/C5H2F3IN2O/c6-5(7,8)11-2-10-4(9)3(11)1-12/h1-2H. The Morgan fingerprint density at radius 2 is 2.17 bits per heavy atom. The van der Waals surface area contributed by atoms with Gasteiger partial charge in [-0.3, -0.25) is 4.79 Å². The van der Waals surface area contributed by atoms with Crippen molar-refractivity contribution in [2.24, 2.45) is 0 Å². The van der Waals surface area contributed by atoms with Gasteiger partial charge in [0.1, 0.15) is 15.7 Å². The van der Waals surface area contributed by atoms with Gasteiger partial charge in [-0.15, -0.1) is 13.2 Å². The van der Waals surface area contributed by atoms with Crippen LogP contribution in [0.3, 0.4) is 0 Å². The van der Waals surface area contributed by atoms with Crippen LogP contribution in [-0.2, 0) is 6.30 Å². The maximum absolute atomic E-state index is 12.0. The Labute approximate surface area is 78.7 Å². The lowest BCUT2D eigenvalue weighted by Crippen LogP contribution is -2.18. The van der Waals surface area contributed by atoms with Crippen molar-refractivity contribution in [1.82, 2.24) is 9.55 Å². The number of halogens is 4. The van der Waals surface area contributed by atoms with Crippen LogP contribution >= 0.6 is 22.6 Å². The molecule has 12 heavy (non-hydrogen) atoms. The first-order valence-corrected chi connectivity index (χ1v) is 3.80. The zero-order chi connectivity index (χ0) is 9.35. The van der Waals surface area contributed by atoms with Crippen molar-refractivity contribution in [3.05, 3.63) is 15.7 Å². The fourth-order valence-electron chi connectivity index (χ4n) is 0.644. The van der Waals surface area contributed by atoms with E-state index in [1.54, 1.807) is 22.6 Å². The van der Waals surface area contributed by atoms with E-state index in [0.717, 1.165) is 0 Å². The Hall–Kier alpha value is -0.600. The topological polar surface area (TPSA) is 34.9 Å². The van der Waals surface area contributed by atoms with Gasteiger partial charge in [0.2, 0.25) is 0 Å². The van der Waals surface area contributed by atoms with Gasteiger partial charge >= 0.3 is 6.30 Å². The minimum Gasteiger partial charge on any atom is -0.296 e. The third-order valence-electron chi connectivity index (χ3n) is 1.14. The van der Waals surface area contributed by atoms with Gasteiger partial charge in [0.15, 0.2) is 6.29 Å². The number of rotatable bonds is 1. The smallest absolute Gasteiger partial charge is 0.296 e. The van der Waals surface area contributed by atoms with E-state index in [1.165, 1.54) is 0 Å². The fraction of sp³-hybridized carbons (Fsp3) is 0.200. The van der Waals surface area contributed by atoms with Crippen molar-refractivity contribution < 1.29 is 18.0 Å². The molecule has 1 rings (SSSR count). The first kappa shape index (κ1) is 9.49. The number of carbonyl (C=O) groups excluding carboxylic acids is 1. The van der Waals surface area contributed by atoms with Gasteiger partial charge in [-0.2, -0.15) is 0 Å². The van der Waals surface area contributed by atoms with E-state index in [-0.39, 0.29) is 14.6 Å². The van der Waals surface area contributed by atoms with Crippen molar-refractivity contribution in [3.63, 3.8) is 0 Å². The molecule has 3 nitrogen and oxygen atoms in total. The van der Waals surface area contributed by atoms with Gasteiger partial charge in [-0.1, -0.05) is 0 Å². The van der Waals surface area contributed by atoms with Crippen LogP contribution in [0.5, 0.6) is 0 Å². The number of alkyl halides is 3. The summed E-state index contributed by atoms with van der Waals surface area (Å²) in [6, 6.07) is 0. The van der Waals surface area contributed by atoms with Crippen LogP contribution in [0.15, 0.2) is 6.33 Å². The average Bonchev–Trinajstić information content (AvgIpc) is 2.29. The van der Waals surface area contributed by atoms with Crippen molar-refractivity contribution in [3.8, 4) is 0 Å². The lowest BCUT2D eigenvalue weighted by Gasteiger charge is -2.07. The summed E-state index contributed by atoms with van der Waals surface area (Å²) in [7, 11) is 0. The Morgan fingerprint density at radius 1 is 1.58 bits per heavy atom. The molecule has 0 radical (unpaired) electrons. The number of nitrogens with zero attached hydrogens (tertiary/aromatic N) is 2. The van der Waals surface area contributed by atoms with E-state index in [4.69, 9.17) is 0 Å². The Morgan fingerprint density at radius 3 is 2.50 bits per heavy atom. The highest BCUT2D eigenvalue weighted by atomic mass is 127. The summed E-state index contributed by atoms with van der Waals surface area (Å²) in [4.78, 5) is 13.5. The molecule has 0 spiro atoms. The number of aldehydes is 1. The van der Waals surface area contributed by atoms with E-state index in [9.17, 15) is 18.0 Å². The zero-order valence-electron chi connectivity index (χ0n) is 5.47. The molecule has 0 aliphatic carbocycles. The number of hydrogen-bond acceptors (Lipinski definition) is 2. The molecule has 1 aromatic heterocycles. The van der Waals surface area contributed by atoms with Crippen molar-refractivity contribution in [2.45, 2.75) is 6.30 Å². The second kappa shape index (κ2) is 3.04. The maximum Gasteiger partial charge on any atom is 0.490 e. The van der Waals surface area contributed by atoms with Crippen LogP contribution < -0.4 is 0 Å². The normalized spacial score (nSPS) is 11.7. The molecule has 0 bridgehead atoms. The molecule has 0 saturated heterocycles. The lowest BCUT2D eigenvalue weighted by molar-refractivity contribution is -0.204. The largest absolute Gasteiger partial charge is 0.490 e. The van der Waals surface area contributed by atoms with E-state index in [1.807, 2.05) is 0 Å². The number of aromatic nitrogens is 2. The van der Waals surface area contributed by atoms with Gasteiger partial charge in [0, 0.05) is 0 Å². The van der Waals surface area contributed by atoms with Crippen molar-refractivity contribution in [2.75, 3.05) is 0 Å². The molecule has 0 N–H and O–H groups in total. The second-order valence-electron chi connectivity index (χ2n) is 1.88. The third-order valence-corrected chi connectivity index (χ3v) is 1.97. The van der Waals surface area contributed by atoms with Gasteiger partial charge in [0.25, 0.3) is 0 Å². The molecular formula is C5H2F3IN2O. The molecule has 0 unspecified atom stereocenters. The Bertz CT molecular complexity index is 306. The number of hydrogen-bond donors (Lipinski definition) is 0. The molecule has 0 amide bonds. The van der Waals surface area contributed by atoms with Crippen LogP contribution in [0, 0.1) is 3.70 Å². The molecular weight excluding hydrogens is 288 g/mol. The highest BCUT2D eigenvalue weighted by Crippen LogP contribution is 2.24. The van der Waals surface area contributed by atoms with Crippen LogP contribution in [0.2, 0.25) is 0 Å². The summed E-state index contributed by atoms with van der Waals surface area (Å²) < 4.78 is 35.9. The number of imidazole rings is 1. The highest BCUT2D eigenvalue weighted by molar-refractivity contribution is 14.1. The van der Waals surface area contributed by atoms with Gasteiger partial charge < -0.3 is 0 Å². The molecule has 66 valence electrons. The molecule has 0 fully saturated rings. The fourth-order valence-corrected chi connectivity index (χ4v) is 1.16. The molecule has 0 aromatic carbocycles. The van der Waals surface area contributed by atoms with Crippen LogP contribution in [0.1, 0.15) is 10.5 Å². The molecule has 0 saturated carbocycles. The predicted molar refractivity (Wildman–Crippen MR) is 41.6 cm³/mol. The summed E-state index contributed by atoms with van der Waals surface area (Å²) in [6.07, 6.45) is -3.87. The molecule has 1 aromatic rings. The van der Waals surface area contributed by atoms with Crippen LogP contribution in [-0.4, -0.2) is 15.8 Å². The minimum absolute atomic E-state index is 0.0416. The van der Waals surface area contributed by atoms with Gasteiger partial charge in [-0.05, 0) is 22.6 Å². The molecule has 0 aliphatic rings. The lowest BCUT2D eigenvalue weighted by atomic mass is 10.5. The SMILES string of the molecule is O=Cc1c(I)ncn1C(F)(F)F. The summed E-state index contributed by atoms with van der Waals surface area (Å²) in [5.74, 6) is 0. The maximum atomic E-state index is 12.0. The summed E-state index contributed by atoms with van der Waals surface area (Å²) >= 11 is 1.56. The summed E-state index contributed by atoms with van der Waals surface area (Å²) in [5, 5.41) is 0. The van der Waals surface area contributed by atoms with Crippen molar-refractivity contribution in [1.29, 1.82) is 0 Å².